The van der Waals surface area contributed by atoms with E-state index in [9.17, 15) is 22.8 Å². The first-order valence-corrected chi connectivity index (χ1v) is 7.07. The number of carbonyl (C=O) groups excluding carboxylic acids is 2. The molecule has 0 amide bonds. The van der Waals surface area contributed by atoms with Gasteiger partial charge in [0.1, 0.15) is 0 Å². The van der Waals surface area contributed by atoms with Crippen LogP contribution in [-0.4, -0.2) is 31.3 Å². The Bertz CT molecular complexity index is 374. The molecule has 1 saturated carbocycles. The lowest BCUT2D eigenvalue weighted by atomic mass is 9.84. The molecule has 0 spiro atoms. The van der Waals surface area contributed by atoms with Crippen LogP contribution < -0.4 is 0 Å². The minimum Gasteiger partial charge on any atom is -0.465 e. The molecule has 0 bridgehead atoms. The number of halogens is 3. The van der Waals surface area contributed by atoms with Crippen molar-refractivity contribution in [3.63, 3.8) is 0 Å². The first-order chi connectivity index (χ1) is 9.66. The molecular formula is C14H21F3O4. The SMILES string of the molecule is CCOC(=O)C1(C(=O)OCC)C[C@@H](CC(F)(F)F)[C@@H](C)C1. The second-order valence-corrected chi connectivity index (χ2v) is 5.49. The summed E-state index contributed by atoms with van der Waals surface area (Å²) in [5.41, 5.74) is -1.60. The van der Waals surface area contributed by atoms with Gasteiger partial charge in [-0.2, -0.15) is 13.2 Å². The van der Waals surface area contributed by atoms with Gasteiger partial charge in [-0.05, 0) is 38.5 Å². The van der Waals surface area contributed by atoms with Gasteiger partial charge >= 0.3 is 18.1 Å². The summed E-state index contributed by atoms with van der Waals surface area (Å²) in [4.78, 5) is 24.3. The van der Waals surface area contributed by atoms with Gasteiger partial charge in [0.15, 0.2) is 5.41 Å². The van der Waals surface area contributed by atoms with Crippen molar-refractivity contribution in [1.82, 2.24) is 0 Å². The molecule has 4 nitrogen and oxygen atoms in total. The summed E-state index contributed by atoms with van der Waals surface area (Å²) in [6, 6.07) is 0. The van der Waals surface area contributed by atoms with Crippen molar-refractivity contribution in [1.29, 1.82) is 0 Å². The zero-order valence-corrected chi connectivity index (χ0v) is 12.5. The van der Waals surface area contributed by atoms with Crippen LogP contribution in [0, 0.1) is 17.3 Å². The smallest absolute Gasteiger partial charge is 0.389 e. The molecule has 2 atom stereocenters. The standard InChI is InChI=1S/C14H21F3O4/c1-4-20-11(18)13(12(19)21-5-2)6-9(3)10(7-13)8-14(15,16)17/h9-10H,4-8H2,1-3H3/t9-,10-/m0/s1. The maximum Gasteiger partial charge on any atom is 0.389 e. The summed E-state index contributed by atoms with van der Waals surface area (Å²) in [6.07, 6.45) is -5.47. The zero-order valence-electron chi connectivity index (χ0n) is 12.5. The van der Waals surface area contributed by atoms with Gasteiger partial charge in [0.2, 0.25) is 0 Å². The largest absolute Gasteiger partial charge is 0.465 e. The van der Waals surface area contributed by atoms with Crippen LogP contribution in [0.5, 0.6) is 0 Å². The van der Waals surface area contributed by atoms with E-state index >= 15 is 0 Å². The van der Waals surface area contributed by atoms with Crippen LogP contribution in [0.3, 0.4) is 0 Å². The van der Waals surface area contributed by atoms with Crippen molar-refractivity contribution in [3.05, 3.63) is 0 Å². The lowest BCUT2D eigenvalue weighted by Crippen LogP contribution is -2.40. The molecule has 0 unspecified atom stereocenters. The first-order valence-electron chi connectivity index (χ1n) is 7.07. The van der Waals surface area contributed by atoms with Crippen molar-refractivity contribution in [2.24, 2.45) is 17.3 Å². The second-order valence-electron chi connectivity index (χ2n) is 5.49. The quantitative estimate of drug-likeness (QED) is 0.578. The molecule has 122 valence electrons. The predicted molar refractivity (Wildman–Crippen MR) is 68.3 cm³/mol. The minimum atomic E-state index is -4.32. The average molecular weight is 310 g/mol. The van der Waals surface area contributed by atoms with Crippen LogP contribution >= 0.6 is 0 Å². The number of rotatable bonds is 5. The summed E-state index contributed by atoms with van der Waals surface area (Å²) >= 11 is 0. The monoisotopic (exact) mass is 310 g/mol. The van der Waals surface area contributed by atoms with Crippen LogP contribution in [0.25, 0.3) is 0 Å². The fraction of sp³-hybridized carbons (Fsp3) is 0.857. The summed E-state index contributed by atoms with van der Waals surface area (Å²) in [6.45, 7) is 4.93. The normalized spacial score (nSPS) is 24.7. The third-order valence-corrected chi connectivity index (χ3v) is 3.91. The van der Waals surface area contributed by atoms with E-state index in [1.807, 2.05) is 0 Å². The van der Waals surface area contributed by atoms with E-state index in [1.54, 1.807) is 20.8 Å². The fourth-order valence-corrected chi connectivity index (χ4v) is 2.97. The molecule has 0 aromatic rings. The third-order valence-electron chi connectivity index (χ3n) is 3.91. The summed E-state index contributed by atoms with van der Waals surface area (Å²) in [7, 11) is 0. The van der Waals surface area contributed by atoms with Crippen LogP contribution in [0.15, 0.2) is 0 Å². The highest BCUT2D eigenvalue weighted by atomic mass is 19.4. The van der Waals surface area contributed by atoms with Gasteiger partial charge in [-0.1, -0.05) is 6.92 Å². The molecule has 7 heteroatoms. The lowest BCUT2D eigenvalue weighted by Gasteiger charge is -2.24. The van der Waals surface area contributed by atoms with Crippen molar-refractivity contribution >= 4 is 11.9 Å². The predicted octanol–water partition coefficient (Wildman–Crippen LogP) is 3.10. The molecule has 21 heavy (non-hydrogen) atoms. The van der Waals surface area contributed by atoms with Crippen LogP contribution in [0.4, 0.5) is 13.2 Å². The van der Waals surface area contributed by atoms with Crippen LogP contribution in [0.1, 0.15) is 40.0 Å². The highest BCUT2D eigenvalue weighted by Gasteiger charge is 2.57. The fourth-order valence-electron chi connectivity index (χ4n) is 2.97. The van der Waals surface area contributed by atoms with E-state index in [0.29, 0.717) is 0 Å². The molecule has 0 aliphatic heterocycles. The Morgan fingerprint density at radius 1 is 1.10 bits per heavy atom. The van der Waals surface area contributed by atoms with Crippen LogP contribution in [0.2, 0.25) is 0 Å². The Morgan fingerprint density at radius 3 is 1.95 bits per heavy atom. The number of alkyl halides is 3. The van der Waals surface area contributed by atoms with Gasteiger partial charge in [0, 0.05) is 6.42 Å². The zero-order chi connectivity index (χ0) is 16.3. The van der Waals surface area contributed by atoms with E-state index < -0.39 is 41.8 Å². The number of hydrogen-bond donors (Lipinski definition) is 0. The van der Waals surface area contributed by atoms with Crippen LogP contribution in [-0.2, 0) is 19.1 Å². The highest BCUT2D eigenvalue weighted by molar-refractivity contribution is 6.00. The molecule has 1 aliphatic rings. The van der Waals surface area contributed by atoms with Gasteiger partial charge in [0.05, 0.1) is 13.2 Å². The Kier molecular flexibility index (Phi) is 5.64. The molecular weight excluding hydrogens is 289 g/mol. The minimum absolute atomic E-state index is 0.0331. The van der Waals surface area contributed by atoms with E-state index in [4.69, 9.17) is 9.47 Å². The Hall–Kier alpha value is -1.27. The van der Waals surface area contributed by atoms with Crippen molar-refractivity contribution in [2.45, 2.75) is 46.2 Å². The summed E-state index contributed by atoms with van der Waals surface area (Å²) in [5.74, 6) is -2.74. The number of ether oxygens (including phenoxy) is 2. The number of hydrogen-bond acceptors (Lipinski definition) is 4. The van der Waals surface area contributed by atoms with E-state index in [-0.39, 0.29) is 26.1 Å². The third kappa shape index (κ3) is 4.11. The highest BCUT2D eigenvalue weighted by Crippen LogP contribution is 2.50. The molecule has 1 rings (SSSR count). The molecule has 0 N–H and O–H groups in total. The van der Waals surface area contributed by atoms with Crippen molar-refractivity contribution in [2.75, 3.05) is 13.2 Å². The molecule has 1 aliphatic carbocycles. The van der Waals surface area contributed by atoms with E-state index in [1.165, 1.54) is 0 Å². The molecule has 0 saturated heterocycles. The van der Waals surface area contributed by atoms with E-state index in [0.717, 1.165) is 0 Å². The Balaban J connectivity index is 3.00. The Morgan fingerprint density at radius 2 is 1.57 bits per heavy atom. The summed E-state index contributed by atoms with van der Waals surface area (Å²) in [5, 5.41) is 0. The first kappa shape index (κ1) is 17.8. The molecule has 0 heterocycles. The van der Waals surface area contributed by atoms with Crippen molar-refractivity contribution < 1.29 is 32.2 Å². The van der Waals surface area contributed by atoms with Gasteiger partial charge in [-0.15, -0.1) is 0 Å². The van der Waals surface area contributed by atoms with Gasteiger partial charge in [-0.3, -0.25) is 9.59 Å². The number of esters is 2. The maximum atomic E-state index is 12.6. The second kappa shape index (κ2) is 6.66. The Labute approximate surface area is 122 Å². The topological polar surface area (TPSA) is 52.6 Å². The van der Waals surface area contributed by atoms with Crippen molar-refractivity contribution in [3.8, 4) is 0 Å². The summed E-state index contributed by atoms with van der Waals surface area (Å²) < 4.78 is 47.6. The molecule has 0 aromatic carbocycles. The van der Waals surface area contributed by atoms with Gasteiger partial charge in [-0.25, -0.2) is 0 Å². The number of carbonyl (C=O) groups is 2. The molecule has 1 fully saturated rings. The van der Waals surface area contributed by atoms with Gasteiger partial charge < -0.3 is 9.47 Å². The average Bonchev–Trinajstić information content (AvgIpc) is 2.66. The lowest BCUT2D eigenvalue weighted by molar-refractivity contribution is -0.173. The maximum absolute atomic E-state index is 12.6. The molecule has 0 aromatic heterocycles. The van der Waals surface area contributed by atoms with E-state index in [2.05, 4.69) is 0 Å². The molecule has 0 radical (unpaired) electrons. The van der Waals surface area contributed by atoms with Gasteiger partial charge in [0.25, 0.3) is 0 Å².